The first-order chi connectivity index (χ1) is 11.8. The Morgan fingerprint density at radius 3 is 2.64 bits per heavy atom. The molecule has 1 aromatic heterocycles. The van der Waals surface area contributed by atoms with Crippen molar-refractivity contribution in [1.29, 1.82) is 0 Å². The Morgan fingerprint density at radius 2 is 2.04 bits per heavy atom. The molecule has 1 aliphatic heterocycles. The molecule has 0 saturated carbocycles. The molecule has 3 rings (SSSR count). The van der Waals surface area contributed by atoms with E-state index in [2.05, 4.69) is 4.72 Å². The summed E-state index contributed by atoms with van der Waals surface area (Å²) in [4.78, 5) is 24.3. The second kappa shape index (κ2) is 6.13. The van der Waals surface area contributed by atoms with Crippen LogP contribution >= 0.6 is 0 Å². The van der Waals surface area contributed by atoms with Crippen LogP contribution in [0.15, 0.2) is 41.4 Å². The maximum atomic E-state index is 12.6. The highest BCUT2D eigenvalue weighted by molar-refractivity contribution is 7.92. The van der Waals surface area contributed by atoms with E-state index in [4.69, 9.17) is 10.5 Å². The van der Waals surface area contributed by atoms with E-state index < -0.39 is 22.0 Å². The summed E-state index contributed by atoms with van der Waals surface area (Å²) in [6.07, 6.45) is 0.747. The zero-order valence-corrected chi connectivity index (χ0v) is 14.1. The lowest BCUT2D eigenvalue weighted by atomic mass is 10.2. The minimum absolute atomic E-state index is 0.0665. The Kier molecular flexibility index (Phi) is 4.13. The van der Waals surface area contributed by atoms with Gasteiger partial charge in [-0.25, -0.2) is 13.2 Å². The molecule has 10 heteroatoms. The summed E-state index contributed by atoms with van der Waals surface area (Å²) in [6.45, 7) is 0.565. The number of hydrogen-bond donors (Lipinski definition) is 2. The van der Waals surface area contributed by atoms with E-state index in [0.29, 0.717) is 12.2 Å². The van der Waals surface area contributed by atoms with Crippen molar-refractivity contribution in [2.24, 2.45) is 12.8 Å². The van der Waals surface area contributed by atoms with E-state index in [1.54, 1.807) is 18.2 Å². The summed E-state index contributed by atoms with van der Waals surface area (Å²) in [5.74, 6) is -0.732. The van der Waals surface area contributed by atoms with E-state index >= 15 is 0 Å². The highest BCUT2D eigenvalue weighted by atomic mass is 32.2. The number of carbonyl (C=O) groups excluding carboxylic acids is 2. The minimum atomic E-state index is -3.98. The number of carbonyl (C=O) groups is 2. The Labute approximate surface area is 144 Å². The van der Waals surface area contributed by atoms with Crippen LogP contribution in [0.4, 0.5) is 16.2 Å². The monoisotopic (exact) mass is 364 g/mol. The van der Waals surface area contributed by atoms with Crippen LogP contribution in [0.3, 0.4) is 0 Å². The minimum Gasteiger partial charge on any atom is -0.447 e. The highest BCUT2D eigenvalue weighted by Gasteiger charge is 2.27. The van der Waals surface area contributed by atoms with Crippen LogP contribution in [0.1, 0.15) is 10.5 Å². The summed E-state index contributed by atoms with van der Waals surface area (Å²) in [7, 11) is -2.45. The molecule has 0 unspecified atom stereocenters. The van der Waals surface area contributed by atoms with E-state index in [0.717, 1.165) is 0 Å². The maximum absolute atomic E-state index is 12.6. The number of nitrogens with zero attached hydrogens (tertiary/aromatic N) is 2. The number of hydrogen-bond acceptors (Lipinski definition) is 5. The molecule has 1 aliphatic rings. The van der Waals surface area contributed by atoms with E-state index in [1.807, 2.05) is 0 Å². The summed E-state index contributed by atoms with van der Waals surface area (Å²) >= 11 is 0. The van der Waals surface area contributed by atoms with Gasteiger partial charge in [0.25, 0.3) is 15.9 Å². The molecule has 2 heterocycles. The fraction of sp³-hybridized carbons (Fsp3) is 0.200. The number of nitrogens with two attached hydrogens (primary N) is 1. The highest BCUT2D eigenvalue weighted by Crippen LogP contribution is 2.30. The average molecular weight is 364 g/mol. The van der Waals surface area contributed by atoms with E-state index in [-0.39, 0.29) is 22.9 Å². The Hall–Kier alpha value is -3.01. The molecular formula is C15H16N4O5S. The van der Waals surface area contributed by atoms with Gasteiger partial charge < -0.3 is 15.0 Å². The van der Waals surface area contributed by atoms with Gasteiger partial charge in [0.05, 0.1) is 17.9 Å². The van der Waals surface area contributed by atoms with Gasteiger partial charge in [0.2, 0.25) is 0 Å². The van der Waals surface area contributed by atoms with Crippen molar-refractivity contribution in [3.8, 4) is 0 Å². The number of rotatable bonds is 5. The first kappa shape index (κ1) is 16.8. The molecule has 1 saturated heterocycles. The normalized spacial score (nSPS) is 14.4. The number of aromatic nitrogens is 1. The fourth-order valence-corrected chi connectivity index (χ4v) is 3.68. The summed E-state index contributed by atoms with van der Waals surface area (Å²) in [5, 5.41) is 0. The molecule has 3 N–H and O–H groups in total. The van der Waals surface area contributed by atoms with Crippen molar-refractivity contribution in [3.05, 3.63) is 42.2 Å². The smallest absolute Gasteiger partial charge is 0.414 e. The van der Waals surface area contributed by atoms with E-state index in [1.165, 1.54) is 34.8 Å². The second-order valence-electron chi connectivity index (χ2n) is 5.42. The number of benzene rings is 1. The standard InChI is InChI=1S/C15H16N4O5S/c1-18-9-10(8-13(18)14(16)20)25(22,23)17-11-4-2-3-5-12(11)19-6-7-24-15(19)21/h2-5,8-9,17H,6-7H2,1H3,(H2,16,20). The van der Waals surface area contributed by atoms with Crippen molar-refractivity contribution < 1.29 is 22.7 Å². The van der Waals surface area contributed by atoms with Crippen molar-refractivity contribution in [2.45, 2.75) is 4.90 Å². The lowest BCUT2D eigenvalue weighted by molar-refractivity contribution is 0.0992. The fourth-order valence-electron chi connectivity index (χ4n) is 2.54. The van der Waals surface area contributed by atoms with Gasteiger partial charge in [-0.15, -0.1) is 0 Å². The molecule has 132 valence electrons. The number of nitrogens with one attached hydrogen (secondary N) is 1. The molecule has 2 aromatic rings. The van der Waals surface area contributed by atoms with Gasteiger partial charge in [0, 0.05) is 13.2 Å². The van der Waals surface area contributed by atoms with Crippen LogP contribution in [0.25, 0.3) is 0 Å². The quantitative estimate of drug-likeness (QED) is 0.815. The molecule has 25 heavy (non-hydrogen) atoms. The number of ether oxygens (including phenoxy) is 1. The lowest BCUT2D eigenvalue weighted by Gasteiger charge is -2.18. The summed E-state index contributed by atoms with van der Waals surface area (Å²) < 4.78 is 33.9. The number of primary amides is 1. The lowest BCUT2D eigenvalue weighted by Crippen LogP contribution is -2.25. The summed E-state index contributed by atoms with van der Waals surface area (Å²) in [5.41, 5.74) is 5.90. The van der Waals surface area contributed by atoms with Crippen molar-refractivity contribution in [1.82, 2.24) is 4.57 Å². The second-order valence-corrected chi connectivity index (χ2v) is 7.11. The molecule has 1 aromatic carbocycles. The number of cyclic esters (lactones) is 1. The molecule has 0 atom stereocenters. The largest absolute Gasteiger partial charge is 0.447 e. The van der Waals surface area contributed by atoms with Crippen LogP contribution in [-0.4, -0.2) is 38.1 Å². The predicted octanol–water partition coefficient (Wildman–Crippen LogP) is 0.881. The molecule has 2 amide bonds. The molecule has 1 fully saturated rings. The number of anilines is 2. The molecular weight excluding hydrogens is 348 g/mol. The van der Waals surface area contributed by atoms with E-state index in [9.17, 15) is 18.0 Å². The third-order valence-electron chi connectivity index (χ3n) is 3.74. The van der Waals surface area contributed by atoms with Gasteiger partial charge in [0.15, 0.2) is 0 Å². The maximum Gasteiger partial charge on any atom is 0.414 e. The van der Waals surface area contributed by atoms with Gasteiger partial charge in [0.1, 0.15) is 17.2 Å². The van der Waals surface area contributed by atoms with Crippen LogP contribution in [-0.2, 0) is 21.8 Å². The Balaban J connectivity index is 1.95. The zero-order chi connectivity index (χ0) is 18.2. The van der Waals surface area contributed by atoms with Crippen LogP contribution in [0, 0.1) is 0 Å². The topological polar surface area (TPSA) is 124 Å². The SMILES string of the molecule is Cn1cc(S(=O)(=O)Nc2ccccc2N2CCOC2=O)cc1C(N)=O. The van der Waals surface area contributed by atoms with Crippen molar-refractivity contribution >= 4 is 33.4 Å². The Bertz CT molecular complexity index is 951. The molecule has 0 radical (unpaired) electrons. The van der Waals surface area contributed by atoms with Crippen molar-refractivity contribution in [3.63, 3.8) is 0 Å². The molecule has 0 aliphatic carbocycles. The van der Waals surface area contributed by atoms with Gasteiger partial charge in [-0.1, -0.05) is 12.1 Å². The average Bonchev–Trinajstić information content (AvgIpc) is 3.14. The van der Waals surface area contributed by atoms with Crippen LogP contribution in [0.5, 0.6) is 0 Å². The number of amides is 2. The molecule has 0 bridgehead atoms. The van der Waals surface area contributed by atoms with Crippen LogP contribution in [0.2, 0.25) is 0 Å². The Morgan fingerprint density at radius 1 is 1.32 bits per heavy atom. The summed E-state index contributed by atoms with van der Waals surface area (Å²) in [6, 6.07) is 7.67. The third kappa shape index (κ3) is 3.15. The zero-order valence-electron chi connectivity index (χ0n) is 13.3. The van der Waals surface area contributed by atoms with Gasteiger partial charge >= 0.3 is 6.09 Å². The molecule has 9 nitrogen and oxygen atoms in total. The third-order valence-corrected chi connectivity index (χ3v) is 5.08. The number of aryl methyl sites for hydroxylation is 1. The van der Waals surface area contributed by atoms with Gasteiger partial charge in [-0.2, -0.15) is 0 Å². The first-order valence-electron chi connectivity index (χ1n) is 7.32. The number of para-hydroxylation sites is 2. The van der Waals surface area contributed by atoms with Gasteiger partial charge in [-0.3, -0.25) is 14.4 Å². The van der Waals surface area contributed by atoms with Crippen LogP contribution < -0.4 is 15.4 Å². The predicted molar refractivity (Wildman–Crippen MR) is 89.9 cm³/mol. The first-order valence-corrected chi connectivity index (χ1v) is 8.80. The van der Waals surface area contributed by atoms with Crippen molar-refractivity contribution in [2.75, 3.05) is 22.8 Å². The van der Waals surface area contributed by atoms with Gasteiger partial charge in [-0.05, 0) is 18.2 Å². The number of sulfonamides is 1. The molecule has 0 spiro atoms.